The van der Waals surface area contributed by atoms with E-state index in [9.17, 15) is 0 Å². The molecule has 2 saturated heterocycles. The third-order valence-electron chi connectivity index (χ3n) is 3.01. The molecule has 2 atom stereocenters. The number of morpholine rings is 1. The van der Waals surface area contributed by atoms with Gasteiger partial charge in [0, 0.05) is 18.1 Å². The predicted octanol–water partition coefficient (Wildman–Crippen LogP) is 1.26. The molecule has 0 aromatic carbocycles. The monoisotopic (exact) mass is 155 g/mol. The number of rotatable bonds is 1. The van der Waals surface area contributed by atoms with E-state index in [4.69, 9.17) is 4.74 Å². The number of fused-ring (bicyclic) bond motifs is 2. The second-order valence-electron chi connectivity index (χ2n) is 4.38. The van der Waals surface area contributed by atoms with Crippen LogP contribution in [0, 0.1) is 0 Å². The first kappa shape index (κ1) is 7.56. The third kappa shape index (κ3) is 1.00. The van der Waals surface area contributed by atoms with Crippen LogP contribution in [0.5, 0.6) is 0 Å². The van der Waals surface area contributed by atoms with Gasteiger partial charge in [-0.15, -0.1) is 0 Å². The molecule has 2 nitrogen and oxygen atoms in total. The Morgan fingerprint density at radius 2 is 2.27 bits per heavy atom. The van der Waals surface area contributed by atoms with E-state index in [1.54, 1.807) is 0 Å². The average Bonchev–Trinajstić information content (AvgIpc) is 2.41. The molecule has 0 radical (unpaired) electrons. The zero-order valence-corrected chi connectivity index (χ0v) is 7.63. The van der Waals surface area contributed by atoms with E-state index >= 15 is 0 Å². The molecule has 2 heteroatoms. The van der Waals surface area contributed by atoms with Crippen molar-refractivity contribution in [2.45, 2.75) is 44.9 Å². The van der Waals surface area contributed by atoms with Crippen LogP contribution in [0.4, 0.5) is 0 Å². The van der Waals surface area contributed by atoms with Gasteiger partial charge in [-0.1, -0.05) is 0 Å². The van der Waals surface area contributed by atoms with Gasteiger partial charge in [-0.3, -0.25) is 4.90 Å². The van der Waals surface area contributed by atoms with Crippen LogP contribution in [0.15, 0.2) is 0 Å². The van der Waals surface area contributed by atoms with Gasteiger partial charge in [-0.05, 0) is 27.2 Å². The molecule has 0 N–H and O–H groups in total. The van der Waals surface area contributed by atoms with Crippen molar-refractivity contribution in [2.24, 2.45) is 0 Å². The molecular formula is C9H17NO. The van der Waals surface area contributed by atoms with Gasteiger partial charge >= 0.3 is 0 Å². The second kappa shape index (κ2) is 2.20. The molecular weight excluding hydrogens is 138 g/mol. The summed E-state index contributed by atoms with van der Waals surface area (Å²) in [5.74, 6) is 0. The normalized spacial score (nSPS) is 44.2. The number of nitrogens with zero attached hydrogens (tertiary/aromatic N) is 1. The second-order valence-corrected chi connectivity index (χ2v) is 4.38. The molecule has 0 spiro atoms. The molecule has 0 aromatic rings. The van der Waals surface area contributed by atoms with E-state index in [0.29, 0.717) is 17.7 Å². The van der Waals surface area contributed by atoms with E-state index in [0.717, 1.165) is 13.2 Å². The Kier molecular flexibility index (Phi) is 1.52. The number of likely N-dealkylation sites (tertiary alicyclic amines) is 1. The quantitative estimate of drug-likeness (QED) is 0.565. The Morgan fingerprint density at radius 1 is 1.55 bits per heavy atom. The Morgan fingerprint density at radius 3 is 2.55 bits per heavy atom. The Bertz CT molecular complexity index is 169. The highest BCUT2D eigenvalue weighted by atomic mass is 16.5. The SMILES string of the molecule is CC(C)N1CC2C[C@@]1(C)CO2. The third-order valence-corrected chi connectivity index (χ3v) is 3.01. The first-order chi connectivity index (χ1) is 5.12. The molecule has 2 rings (SSSR count). The van der Waals surface area contributed by atoms with E-state index in [2.05, 4.69) is 25.7 Å². The zero-order chi connectivity index (χ0) is 8.06. The van der Waals surface area contributed by atoms with Crippen molar-refractivity contribution in [3.05, 3.63) is 0 Å². The Hall–Kier alpha value is -0.0800. The smallest absolute Gasteiger partial charge is 0.0721 e. The zero-order valence-electron chi connectivity index (χ0n) is 7.63. The lowest BCUT2D eigenvalue weighted by molar-refractivity contribution is -0.0173. The fourth-order valence-corrected chi connectivity index (χ4v) is 2.50. The first-order valence-corrected chi connectivity index (χ1v) is 4.50. The highest BCUT2D eigenvalue weighted by molar-refractivity contribution is 5.02. The van der Waals surface area contributed by atoms with Crippen molar-refractivity contribution < 1.29 is 4.74 Å². The highest BCUT2D eigenvalue weighted by Crippen LogP contribution is 2.38. The summed E-state index contributed by atoms with van der Waals surface area (Å²) < 4.78 is 5.59. The summed E-state index contributed by atoms with van der Waals surface area (Å²) in [6.07, 6.45) is 1.77. The van der Waals surface area contributed by atoms with Crippen LogP contribution in [0.3, 0.4) is 0 Å². The van der Waals surface area contributed by atoms with Gasteiger partial charge in [0.2, 0.25) is 0 Å². The Labute approximate surface area is 68.5 Å². The summed E-state index contributed by atoms with van der Waals surface area (Å²) in [6, 6.07) is 0.675. The molecule has 0 aliphatic carbocycles. The lowest BCUT2D eigenvalue weighted by Crippen LogP contribution is -2.49. The topological polar surface area (TPSA) is 12.5 Å². The molecule has 64 valence electrons. The molecule has 2 aliphatic rings. The maximum absolute atomic E-state index is 5.59. The molecule has 1 unspecified atom stereocenters. The fraction of sp³-hybridized carbons (Fsp3) is 1.00. The van der Waals surface area contributed by atoms with Crippen molar-refractivity contribution in [1.82, 2.24) is 4.90 Å². The summed E-state index contributed by atoms with van der Waals surface area (Å²) in [5.41, 5.74) is 0.360. The van der Waals surface area contributed by atoms with E-state index in [-0.39, 0.29) is 0 Å². The van der Waals surface area contributed by atoms with Crippen LogP contribution in [0.1, 0.15) is 27.2 Å². The summed E-state index contributed by atoms with van der Waals surface area (Å²) >= 11 is 0. The maximum atomic E-state index is 5.59. The maximum Gasteiger partial charge on any atom is 0.0721 e. The molecule has 2 bridgehead atoms. The van der Waals surface area contributed by atoms with Crippen LogP contribution >= 0.6 is 0 Å². The standard InChI is InChI=1S/C9H17NO/c1-7(2)10-5-8-4-9(10,3)6-11-8/h7-8H,4-6H2,1-3H3/t8?,9-/m0/s1. The van der Waals surface area contributed by atoms with Crippen molar-refractivity contribution in [2.75, 3.05) is 13.2 Å². The molecule has 0 saturated carbocycles. The van der Waals surface area contributed by atoms with Crippen molar-refractivity contribution in [3.8, 4) is 0 Å². The van der Waals surface area contributed by atoms with Crippen LogP contribution < -0.4 is 0 Å². The van der Waals surface area contributed by atoms with Gasteiger partial charge in [0.15, 0.2) is 0 Å². The Balaban J connectivity index is 2.15. The summed E-state index contributed by atoms with van der Waals surface area (Å²) in [7, 11) is 0. The molecule has 0 amide bonds. The molecule has 2 aliphatic heterocycles. The summed E-state index contributed by atoms with van der Waals surface area (Å²) in [6.45, 7) is 8.95. The lowest BCUT2D eigenvalue weighted by Gasteiger charge is -2.38. The predicted molar refractivity (Wildman–Crippen MR) is 44.6 cm³/mol. The van der Waals surface area contributed by atoms with Crippen LogP contribution in [0.25, 0.3) is 0 Å². The lowest BCUT2D eigenvalue weighted by atomic mass is 10.0. The minimum absolute atomic E-state index is 0.360. The minimum atomic E-state index is 0.360. The van der Waals surface area contributed by atoms with Crippen molar-refractivity contribution in [3.63, 3.8) is 0 Å². The van der Waals surface area contributed by atoms with Gasteiger partial charge in [-0.25, -0.2) is 0 Å². The highest BCUT2D eigenvalue weighted by Gasteiger charge is 2.49. The summed E-state index contributed by atoms with van der Waals surface area (Å²) in [4.78, 5) is 2.57. The largest absolute Gasteiger partial charge is 0.375 e. The van der Waals surface area contributed by atoms with Gasteiger partial charge < -0.3 is 4.74 Å². The van der Waals surface area contributed by atoms with Gasteiger partial charge in [0.05, 0.1) is 12.7 Å². The minimum Gasteiger partial charge on any atom is -0.375 e. The van der Waals surface area contributed by atoms with Gasteiger partial charge in [-0.2, -0.15) is 0 Å². The van der Waals surface area contributed by atoms with E-state index in [1.807, 2.05) is 0 Å². The fourth-order valence-electron chi connectivity index (χ4n) is 2.50. The number of hydrogen-bond donors (Lipinski definition) is 0. The molecule has 11 heavy (non-hydrogen) atoms. The molecule has 0 aromatic heterocycles. The summed E-state index contributed by atoms with van der Waals surface area (Å²) in [5, 5.41) is 0. The first-order valence-electron chi connectivity index (χ1n) is 4.50. The van der Waals surface area contributed by atoms with Crippen molar-refractivity contribution in [1.29, 1.82) is 0 Å². The average molecular weight is 155 g/mol. The van der Waals surface area contributed by atoms with Crippen LogP contribution in [-0.2, 0) is 4.74 Å². The van der Waals surface area contributed by atoms with Crippen LogP contribution in [0.2, 0.25) is 0 Å². The molecule has 2 fully saturated rings. The van der Waals surface area contributed by atoms with Crippen molar-refractivity contribution >= 4 is 0 Å². The van der Waals surface area contributed by atoms with Gasteiger partial charge in [0.25, 0.3) is 0 Å². The number of ether oxygens (including phenoxy) is 1. The van der Waals surface area contributed by atoms with Crippen LogP contribution in [-0.4, -0.2) is 35.7 Å². The molecule has 2 heterocycles. The van der Waals surface area contributed by atoms with E-state index in [1.165, 1.54) is 6.42 Å². The van der Waals surface area contributed by atoms with Gasteiger partial charge in [0.1, 0.15) is 0 Å². The van der Waals surface area contributed by atoms with E-state index < -0.39 is 0 Å². The number of hydrogen-bond acceptors (Lipinski definition) is 2.